The standard InChI is InChI=1S/C20H24O10.2CH4/c1-5-6-8(27-13(5)24)10(22)19-12-7(21)9(17(2,3)4)18(19)11(23)14(25)29-16(18)30-20(6,19)15(26)28-12;;/h5-12,16,21-23H,1-4H3;2*1H4/t5-,6+,7-,8?,9+,10+,11+,12?,16+,18?,19?,20-;;/m1../s1. The fraction of sp³-hybridized carbons (Fsp3) is 0.864. The second kappa shape index (κ2) is 6.02. The zero-order chi connectivity index (χ0) is 21.8. The van der Waals surface area contributed by atoms with Gasteiger partial charge in [-0.15, -0.1) is 0 Å². The van der Waals surface area contributed by atoms with Crippen molar-refractivity contribution in [3.05, 3.63) is 0 Å². The van der Waals surface area contributed by atoms with Crippen LogP contribution in [0.25, 0.3) is 0 Å². The Morgan fingerprint density at radius 3 is 2.16 bits per heavy atom. The lowest BCUT2D eigenvalue weighted by Gasteiger charge is -2.47. The smallest absolute Gasteiger partial charge is 0.340 e. The summed E-state index contributed by atoms with van der Waals surface area (Å²) in [5.41, 5.74) is -5.96. The van der Waals surface area contributed by atoms with E-state index in [9.17, 15) is 29.7 Å². The molecule has 0 aromatic carbocycles. The molecule has 12 atom stereocenters. The van der Waals surface area contributed by atoms with Crippen LogP contribution in [0.1, 0.15) is 42.5 Å². The van der Waals surface area contributed by atoms with E-state index in [1.807, 2.05) is 20.8 Å². The van der Waals surface area contributed by atoms with Crippen molar-refractivity contribution in [3.63, 3.8) is 0 Å². The number of carbonyl (C=O) groups is 3. The molecule has 4 saturated heterocycles. The first kappa shape index (κ1) is 23.4. The minimum Gasteiger partial charge on any atom is -0.459 e. The van der Waals surface area contributed by atoms with E-state index < -0.39 is 94.3 Å². The van der Waals surface area contributed by atoms with Gasteiger partial charge in [0.25, 0.3) is 0 Å². The van der Waals surface area contributed by atoms with Gasteiger partial charge in [-0.25, -0.2) is 9.59 Å². The van der Waals surface area contributed by atoms with Crippen LogP contribution >= 0.6 is 0 Å². The van der Waals surface area contributed by atoms with Crippen LogP contribution in [0.2, 0.25) is 0 Å². The number of aliphatic hydroxyl groups excluding tert-OH is 3. The summed E-state index contributed by atoms with van der Waals surface area (Å²) in [7, 11) is 0. The first-order valence-electron chi connectivity index (χ1n) is 10.2. The first-order valence-corrected chi connectivity index (χ1v) is 10.2. The van der Waals surface area contributed by atoms with E-state index in [1.54, 1.807) is 6.92 Å². The molecule has 4 heterocycles. The Balaban J connectivity index is 0.00000122. The molecule has 4 aliphatic heterocycles. The predicted octanol–water partition coefficient (Wildman–Crippen LogP) is -0.241. The van der Waals surface area contributed by atoms with E-state index in [2.05, 4.69) is 0 Å². The number of aliphatic hydroxyl groups is 3. The molecule has 6 aliphatic rings. The third kappa shape index (κ3) is 1.76. The van der Waals surface area contributed by atoms with E-state index in [4.69, 9.17) is 18.9 Å². The quantitative estimate of drug-likeness (QED) is 0.329. The van der Waals surface area contributed by atoms with Crippen molar-refractivity contribution in [1.82, 2.24) is 0 Å². The van der Waals surface area contributed by atoms with Gasteiger partial charge >= 0.3 is 17.9 Å². The van der Waals surface area contributed by atoms with Gasteiger partial charge in [0.15, 0.2) is 11.7 Å². The monoisotopic (exact) mass is 456 g/mol. The summed E-state index contributed by atoms with van der Waals surface area (Å²) in [5.74, 6) is -4.90. The maximum absolute atomic E-state index is 13.3. The van der Waals surface area contributed by atoms with Gasteiger partial charge in [-0.05, 0) is 5.41 Å². The minimum absolute atomic E-state index is 0. The molecule has 6 fully saturated rings. The van der Waals surface area contributed by atoms with Gasteiger partial charge in [-0.1, -0.05) is 42.5 Å². The van der Waals surface area contributed by atoms with Crippen LogP contribution in [-0.2, 0) is 33.3 Å². The highest BCUT2D eigenvalue weighted by atomic mass is 16.7. The number of esters is 3. The average Bonchev–Trinajstić information content (AvgIpc) is 3.34. The lowest BCUT2D eigenvalue weighted by Crippen LogP contribution is -2.63. The van der Waals surface area contributed by atoms with Crippen LogP contribution in [0.4, 0.5) is 0 Å². The van der Waals surface area contributed by atoms with Crippen LogP contribution in [0.3, 0.4) is 0 Å². The minimum atomic E-state index is -1.89. The molecular formula is C22H32O10. The molecule has 180 valence electrons. The zero-order valence-electron chi connectivity index (χ0n) is 16.9. The molecule has 2 spiro atoms. The Bertz CT molecular complexity index is 911. The van der Waals surface area contributed by atoms with Crippen molar-refractivity contribution >= 4 is 17.9 Å². The number of hydrogen-bond acceptors (Lipinski definition) is 10. The van der Waals surface area contributed by atoms with Crippen LogP contribution in [0.15, 0.2) is 0 Å². The van der Waals surface area contributed by atoms with Gasteiger partial charge in [0.2, 0.25) is 6.29 Å². The summed E-state index contributed by atoms with van der Waals surface area (Å²) in [4.78, 5) is 38.2. The molecule has 2 aliphatic carbocycles. The van der Waals surface area contributed by atoms with Gasteiger partial charge in [-0.2, -0.15) is 0 Å². The summed E-state index contributed by atoms with van der Waals surface area (Å²) in [6.07, 6.45) is -8.29. The maximum Gasteiger partial charge on any atom is 0.340 e. The van der Waals surface area contributed by atoms with Crippen molar-refractivity contribution < 1.29 is 48.7 Å². The van der Waals surface area contributed by atoms with E-state index in [-0.39, 0.29) is 14.9 Å². The fourth-order valence-electron chi connectivity index (χ4n) is 8.28. The van der Waals surface area contributed by atoms with Crippen LogP contribution in [0.5, 0.6) is 0 Å². The van der Waals surface area contributed by atoms with E-state index in [0.29, 0.717) is 0 Å². The predicted molar refractivity (Wildman–Crippen MR) is 105 cm³/mol. The third-order valence-corrected chi connectivity index (χ3v) is 8.76. The van der Waals surface area contributed by atoms with Gasteiger partial charge in [0.05, 0.1) is 28.8 Å². The van der Waals surface area contributed by atoms with Crippen molar-refractivity contribution in [2.45, 2.75) is 85.0 Å². The highest BCUT2D eigenvalue weighted by Gasteiger charge is 3.01. The van der Waals surface area contributed by atoms with Crippen LogP contribution in [-0.4, -0.2) is 75.6 Å². The third-order valence-electron chi connectivity index (χ3n) is 8.76. The topological polar surface area (TPSA) is 149 Å². The van der Waals surface area contributed by atoms with Crippen molar-refractivity contribution in [2.24, 2.45) is 34.0 Å². The molecule has 2 saturated carbocycles. The second-order valence-electron chi connectivity index (χ2n) is 10.6. The van der Waals surface area contributed by atoms with E-state index in [1.165, 1.54) is 0 Å². The first-order chi connectivity index (χ1) is 13.9. The normalized spacial score (nSPS) is 56.3. The Morgan fingerprint density at radius 2 is 1.56 bits per heavy atom. The lowest BCUT2D eigenvalue weighted by atomic mass is 9.51. The number of rotatable bonds is 0. The van der Waals surface area contributed by atoms with Gasteiger partial charge in [0.1, 0.15) is 18.3 Å². The van der Waals surface area contributed by atoms with E-state index >= 15 is 0 Å². The summed E-state index contributed by atoms with van der Waals surface area (Å²) < 4.78 is 22.7. The molecule has 3 N–H and O–H groups in total. The number of hydrogen-bond donors (Lipinski definition) is 3. The maximum atomic E-state index is 13.3. The second-order valence-corrected chi connectivity index (χ2v) is 10.6. The Kier molecular flexibility index (Phi) is 4.41. The van der Waals surface area contributed by atoms with Crippen LogP contribution < -0.4 is 0 Å². The van der Waals surface area contributed by atoms with Crippen molar-refractivity contribution in [1.29, 1.82) is 0 Å². The summed E-state index contributed by atoms with van der Waals surface area (Å²) >= 11 is 0. The highest BCUT2D eigenvalue weighted by Crippen LogP contribution is 2.83. The molecule has 0 bridgehead atoms. The van der Waals surface area contributed by atoms with Crippen LogP contribution in [0, 0.1) is 34.0 Å². The Morgan fingerprint density at radius 1 is 0.938 bits per heavy atom. The molecule has 0 radical (unpaired) electrons. The van der Waals surface area contributed by atoms with Gasteiger partial charge < -0.3 is 34.3 Å². The SMILES string of the molecule is C.C.C[C@H]1C(=O)OC2[C@H]1[C@@]13O[C@@H]4OC(=O)[C@H](O)C45[C@H](C(C)(C)C)[C@@H](O)C(OC1=O)C53[C@H]2O. The fourth-order valence-corrected chi connectivity index (χ4v) is 8.28. The van der Waals surface area contributed by atoms with Gasteiger partial charge in [0, 0.05) is 5.92 Å². The Labute approximate surface area is 186 Å². The van der Waals surface area contributed by atoms with Crippen molar-refractivity contribution in [3.8, 4) is 0 Å². The molecule has 10 nitrogen and oxygen atoms in total. The summed E-state index contributed by atoms with van der Waals surface area (Å²) in [5, 5.41) is 34.2. The van der Waals surface area contributed by atoms with E-state index in [0.717, 1.165) is 0 Å². The molecule has 10 heteroatoms. The molecule has 6 rings (SSSR count). The largest absolute Gasteiger partial charge is 0.459 e. The molecule has 32 heavy (non-hydrogen) atoms. The lowest BCUT2D eigenvalue weighted by molar-refractivity contribution is -0.208. The molecule has 0 aromatic heterocycles. The molecular weight excluding hydrogens is 424 g/mol. The zero-order valence-corrected chi connectivity index (χ0v) is 16.9. The number of carbonyl (C=O) groups excluding carboxylic acids is 3. The number of ether oxygens (including phenoxy) is 4. The summed E-state index contributed by atoms with van der Waals surface area (Å²) in [6, 6.07) is 0. The van der Waals surface area contributed by atoms with Crippen molar-refractivity contribution in [2.75, 3.05) is 0 Å². The summed E-state index contributed by atoms with van der Waals surface area (Å²) in [6.45, 7) is 7.05. The molecule has 4 unspecified atom stereocenters. The average molecular weight is 456 g/mol. The van der Waals surface area contributed by atoms with Gasteiger partial charge in [-0.3, -0.25) is 4.79 Å². The highest BCUT2D eigenvalue weighted by molar-refractivity contribution is 5.92. The number of fused-ring (bicyclic) bond motifs is 1. The molecule has 0 amide bonds. The molecule has 0 aromatic rings. The Hall–Kier alpha value is -1.75.